The first-order valence-electron chi connectivity index (χ1n) is 7.31. The summed E-state index contributed by atoms with van der Waals surface area (Å²) in [6.45, 7) is 0. The van der Waals surface area contributed by atoms with E-state index in [4.69, 9.17) is 23.2 Å². The second-order valence-electron chi connectivity index (χ2n) is 4.93. The molecule has 0 bridgehead atoms. The summed E-state index contributed by atoms with van der Waals surface area (Å²) < 4.78 is 0.759. The highest BCUT2D eigenvalue weighted by Crippen LogP contribution is 2.28. The summed E-state index contributed by atoms with van der Waals surface area (Å²) in [5, 5.41) is 5.13. The van der Waals surface area contributed by atoms with Gasteiger partial charge in [-0.1, -0.05) is 59.6 Å². The fraction of sp³-hybridized carbons (Fsp3) is 0.111. The highest BCUT2D eigenvalue weighted by atomic mass is 79.9. The minimum absolute atomic E-state index is 0.190. The van der Waals surface area contributed by atoms with Crippen LogP contribution in [0.4, 0.5) is 0 Å². The molecule has 0 unspecified atom stereocenters. The average Bonchev–Trinajstić information content (AvgIpc) is 2.58. The highest BCUT2D eigenvalue weighted by Gasteiger charge is 2.07. The fourth-order valence-electron chi connectivity index (χ4n) is 1.86. The number of nitrogens with zero attached hydrogens (tertiary/aromatic N) is 1. The molecule has 0 aliphatic rings. The molecule has 0 saturated heterocycles. The number of rotatable bonds is 7. The lowest BCUT2D eigenvalue weighted by atomic mass is 10.2. The summed E-state index contributed by atoms with van der Waals surface area (Å²) >= 11 is 17.0. The van der Waals surface area contributed by atoms with Crippen molar-refractivity contribution in [3.05, 3.63) is 74.2 Å². The first-order chi connectivity index (χ1) is 12.1. The molecule has 0 aromatic heterocycles. The van der Waals surface area contributed by atoms with Crippen molar-refractivity contribution in [3.8, 4) is 0 Å². The number of benzene rings is 2. The van der Waals surface area contributed by atoms with E-state index >= 15 is 0 Å². The summed E-state index contributed by atoms with van der Waals surface area (Å²) in [5.41, 5.74) is 4.36. The van der Waals surface area contributed by atoms with Crippen LogP contribution in [0.1, 0.15) is 11.1 Å². The Balaban J connectivity index is 1.76. The van der Waals surface area contributed by atoms with Gasteiger partial charge in [0.25, 0.3) is 0 Å². The quantitative estimate of drug-likeness (QED) is 0.423. The molecule has 2 aromatic rings. The molecule has 0 saturated carbocycles. The smallest absolute Gasteiger partial charge is 0.250 e. The summed E-state index contributed by atoms with van der Waals surface area (Å²) in [4.78, 5) is 11.8. The summed E-state index contributed by atoms with van der Waals surface area (Å²) in [7, 11) is 0. The Morgan fingerprint density at radius 1 is 1.12 bits per heavy atom. The van der Waals surface area contributed by atoms with E-state index in [0.717, 1.165) is 15.6 Å². The standard InChI is InChI=1S/C18H15BrCl2N2OS/c19-14(9-13-5-2-1-3-6-13)10-22-23-18(24)12-25-11-15-16(20)7-4-8-17(15)21/h1-10H,11-12H2,(H,23,24)/b14-9-,22-10+. The van der Waals surface area contributed by atoms with Crippen molar-refractivity contribution in [2.24, 2.45) is 5.10 Å². The Morgan fingerprint density at radius 2 is 1.80 bits per heavy atom. The zero-order valence-corrected chi connectivity index (χ0v) is 17.0. The third-order valence-electron chi connectivity index (χ3n) is 3.02. The number of amides is 1. The molecule has 2 aromatic carbocycles. The van der Waals surface area contributed by atoms with Crippen LogP contribution in [0.5, 0.6) is 0 Å². The van der Waals surface area contributed by atoms with E-state index < -0.39 is 0 Å². The molecular formula is C18H15BrCl2N2OS. The van der Waals surface area contributed by atoms with Gasteiger partial charge in [0, 0.05) is 20.3 Å². The van der Waals surface area contributed by atoms with Crippen molar-refractivity contribution in [2.45, 2.75) is 5.75 Å². The van der Waals surface area contributed by atoms with Gasteiger partial charge in [0.1, 0.15) is 0 Å². The molecule has 0 spiro atoms. The molecule has 0 atom stereocenters. The van der Waals surface area contributed by atoms with E-state index in [1.807, 2.05) is 36.4 Å². The average molecular weight is 458 g/mol. The molecule has 3 nitrogen and oxygen atoms in total. The number of allylic oxidation sites excluding steroid dienone is 1. The van der Waals surface area contributed by atoms with Gasteiger partial charge in [-0.05, 0) is 45.3 Å². The Hall–Kier alpha value is -1.27. The van der Waals surface area contributed by atoms with E-state index in [-0.39, 0.29) is 11.7 Å². The van der Waals surface area contributed by atoms with Crippen LogP contribution < -0.4 is 5.43 Å². The maximum Gasteiger partial charge on any atom is 0.250 e. The fourth-order valence-corrected chi connectivity index (χ4v) is 3.78. The van der Waals surface area contributed by atoms with Gasteiger partial charge in [0.15, 0.2) is 0 Å². The van der Waals surface area contributed by atoms with E-state index in [1.165, 1.54) is 11.8 Å². The van der Waals surface area contributed by atoms with Crippen molar-refractivity contribution >= 4 is 69.1 Å². The third-order valence-corrected chi connectivity index (χ3v) is 5.12. The lowest BCUT2D eigenvalue weighted by Gasteiger charge is -2.06. The zero-order valence-electron chi connectivity index (χ0n) is 13.1. The van der Waals surface area contributed by atoms with Crippen LogP contribution in [0.15, 0.2) is 58.1 Å². The Labute approximate surface area is 169 Å². The molecule has 130 valence electrons. The van der Waals surface area contributed by atoms with Crippen molar-refractivity contribution in [2.75, 3.05) is 5.75 Å². The molecule has 0 aliphatic heterocycles. The molecule has 7 heteroatoms. The van der Waals surface area contributed by atoms with Crippen molar-refractivity contribution < 1.29 is 4.79 Å². The van der Waals surface area contributed by atoms with Crippen LogP contribution in [0, 0.1) is 0 Å². The monoisotopic (exact) mass is 456 g/mol. The number of hydrogen-bond donors (Lipinski definition) is 1. The van der Waals surface area contributed by atoms with Crippen LogP contribution in [-0.4, -0.2) is 17.9 Å². The predicted molar refractivity (Wildman–Crippen MR) is 113 cm³/mol. The van der Waals surface area contributed by atoms with Gasteiger partial charge in [-0.25, -0.2) is 5.43 Å². The topological polar surface area (TPSA) is 41.5 Å². The molecular weight excluding hydrogens is 443 g/mol. The van der Waals surface area contributed by atoms with Crippen LogP contribution >= 0.6 is 50.9 Å². The molecule has 1 amide bonds. The number of carbonyl (C=O) groups excluding carboxylic acids is 1. The summed E-state index contributed by atoms with van der Waals surface area (Å²) in [6, 6.07) is 15.2. The Kier molecular flexibility index (Phi) is 8.55. The zero-order chi connectivity index (χ0) is 18.1. The highest BCUT2D eigenvalue weighted by molar-refractivity contribution is 9.12. The normalized spacial score (nSPS) is 11.7. The maximum absolute atomic E-state index is 11.8. The molecule has 2 rings (SSSR count). The van der Waals surface area contributed by atoms with E-state index in [0.29, 0.717) is 15.8 Å². The molecule has 1 N–H and O–H groups in total. The van der Waals surface area contributed by atoms with Gasteiger partial charge in [0.2, 0.25) is 5.91 Å². The first-order valence-corrected chi connectivity index (χ1v) is 10.0. The van der Waals surface area contributed by atoms with Crippen LogP contribution in [0.3, 0.4) is 0 Å². The van der Waals surface area contributed by atoms with Crippen molar-refractivity contribution in [1.82, 2.24) is 5.43 Å². The van der Waals surface area contributed by atoms with Crippen LogP contribution in [-0.2, 0) is 10.5 Å². The summed E-state index contributed by atoms with van der Waals surface area (Å²) in [5.74, 6) is 0.635. The first kappa shape index (κ1) is 20.0. The second kappa shape index (κ2) is 10.7. The van der Waals surface area contributed by atoms with E-state index in [9.17, 15) is 4.79 Å². The second-order valence-corrected chi connectivity index (χ2v) is 7.64. The number of hydrogen-bond acceptors (Lipinski definition) is 3. The van der Waals surface area contributed by atoms with Crippen molar-refractivity contribution in [3.63, 3.8) is 0 Å². The van der Waals surface area contributed by atoms with Gasteiger partial charge in [-0.15, -0.1) is 11.8 Å². The van der Waals surface area contributed by atoms with Gasteiger partial charge >= 0.3 is 0 Å². The number of nitrogens with one attached hydrogen (secondary N) is 1. The van der Waals surface area contributed by atoms with Gasteiger partial charge in [0.05, 0.1) is 12.0 Å². The number of halogens is 3. The minimum Gasteiger partial charge on any atom is -0.272 e. The summed E-state index contributed by atoms with van der Waals surface area (Å²) in [6.07, 6.45) is 3.45. The molecule has 25 heavy (non-hydrogen) atoms. The number of hydrazone groups is 1. The Morgan fingerprint density at radius 3 is 2.48 bits per heavy atom. The van der Waals surface area contributed by atoms with Gasteiger partial charge in [-0.3, -0.25) is 4.79 Å². The van der Waals surface area contributed by atoms with Crippen LogP contribution in [0.25, 0.3) is 6.08 Å². The molecule has 0 radical (unpaired) electrons. The maximum atomic E-state index is 11.8. The number of thioether (sulfide) groups is 1. The molecule has 0 fully saturated rings. The van der Waals surface area contributed by atoms with Crippen LogP contribution in [0.2, 0.25) is 10.0 Å². The van der Waals surface area contributed by atoms with Gasteiger partial charge < -0.3 is 0 Å². The SMILES string of the molecule is O=C(CSCc1c(Cl)cccc1Cl)N/N=C/C(Br)=C/c1ccccc1. The molecule has 0 heterocycles. The van der Waals surface area contributed by atoms with E-state index in [2.05, 4.69) is 26.5 Å². The van der Waals surface area contributed by atoms with Gasteiger partial charge in [-0.2, -0.15) is 5.10 Å². The molecule has 0 aliphatic carbocycles. The minimum atomic E-state index is -0.190. The predicted octanol–water partition coefficient (Wildman–Crippen LogP) is 5.76. The third kappa shape index (κ3) is 7.24. The lowest BCUT2D eigenvalue weighted by Crippen LogP contribution is -2.19. The number of carbonyl (C=O) groups is 1. The van der Waals surface area contributed by atoms with Crippen molar-refractivity contribution in [1.29, 1.82) is 0 Å². The van der Waals surface area contributed by atoms with E-state index in [1.54, 1.807) is 24.4 Å². The largest absolute Gasteiger partial charge is 0.272 e. The lowest BCUT2D eigenvalue weighted by molar-refractivity contribution is -0.118. The Bertz CT molecular complexity index is 762.